The van der Waals surface area contributed by atoms with Crippen LogP contribution in [-0.2, 0) is 0 Å². The van der Waals surface area contributed by atoms with E-state index in [4.69, 9.17) is 0 Å². The van der Waals surface area contributed by atoms with E-state index < -0.39 is 0 Å². The zero-order chi connectivity index (χ0) is 17.3. The molecule has 2 heteroatoms. The number of benzene rings is 1. The summed E-state index contributed by atoms with van der Waals surface area (Å²) in [7, 11) is 0. The summed E-state index contributed by atoms with van der Waals surface area (Å²) in [5, 5.41) is 0. The van der Waals surface area contributed by atoms with Gasteiger partial charge in [-0.15, -0.1) is 0 Å². The third kappa shape index (κ3) is 13.6. The van der Waals surface area contributed by atoms with Gasteiger partial charge in [-0.05, 0) is 44.8 Å². The van der Waals surface area contributed by atoms with E-state index in [0.29, 0.717) is 0 Å². The zero-order valence-electron chi connectivity index (χ0n) is 15.7. The lowest BCUT2D eigenvalue weighted by atomic mass is 10.2. The highest BCUT2D eigenvalue weighted by Gasteiger charge is 1.97. The summed E-state index contributed by atoms with van der Waals surface area (Å²) in [6.45, 7) is 20.3. The number of hydrogen-bond donors (Lipinski definition) is 0. The molecule has 0 saturated heterocycles. The Labute approximate surface area is 137 Å². The second-order valence-corrected chi connectivity index (χ2v) is 4.58. The second kappa shape index (κ2) is 18.9. The third-order valence-corrected chi connectivity index (χ3v) is 3.28. The fourth-order valence-corrected chi connectivity index (χ4v) is 1.76. The molecule has 2 rings (SSSR count). The summed E-state index contributed by atoms with van der Waals surface area (Å²) in [5.41, 5.74) is 3.84. The molecule has 21 heavy (non-hydrogen) atoms. The van der Waals surface area contributed by atoms with Crippen LogP contribution in [0.2, 0.25) is 0 Å². The van der Waals surface area contributed by atoms with Gasteiger partial charge in [0.1, 0.15) is 0 Å². The largest absolute Gasteiger partial charge is 0.197 e. The van der Waals surface area contributed by atoms with Gasteiger partial charge in [-0.25, -0.2) is 0 Å². The van der Waals surface area contributed by atoms with Gasteiger partial charge in [0, 0.05) is 4.88 Å². The van der Waals surface area contributed by atoms with Crippen molar-refractivity contribution < 1.29 is 0 Å². The smallest absolute Gasteiger partial charge is 0.0543 e. The second-order valence-electron chi connectivity index (χ2n) is 3.60. The van der Waals surface area contributed by atoms with Crippen LogP contribution in [-0.4, -0.2) is 4.37 Å². The minimum absolute atomic E-state index is 1.17. The van der Waals surface area contributed by atoms with Gasteiger partial charge in [0.25, 0.3) is 0 Å². The lowest BCUT2D eigenvalue weighted by molar-refractivity contribution is 1.26. The lowest BCUT2D eigenvalue weighted by Crippen LogP contribution is -1.73. The third-order valence-electron chi connectivity index (χ3n) is 2.33. The molecule has 0 aliphatic heterocycles. The average molecular weight is 310 g/mol. The predicted octanol–water partition coefficient (Wildman–Crippen LogP) is 7.14. The molecule has 0 amide bonds. The molecule has 0 fully saturated rings. The number of hydrogen-bond acceptors (Lipinski definition) is 2. The van der Waals surface area contributed by atoms with Crippen molar-refractivity contribution in [3.8, 4) is 0 Å². The highest BCUT2D eigenvalue weighted by Crippen LogP contribution is 2.14. The zero-order valence-corrected chi connectivity index (χ0v) is 16.6. The van der Waals surface area contributed by atoms with E-state index in [-0.39, 0.29) is 0 Å². The van der Waals surface area contributed by atoms with Gasteiger partial charge in [0.2, 0.25) is 0 Å². The predicted molar refractivity (Wildman–Crippen MR) is 102 cm³/mol. The van der Waals surface area contributed by atoms with E-state index >= 15 is 0 Å². The maximum atomic E-state index is 4.16. The summed E-state index contributed by atoms with van der Waals surface area (Å²) < 4.78 is 4.16. The van der Waals surface area contributed by atoms with Crippen molar-refractivity contribution in [3.63, 3.8) is 0 Å². The van der Waals surface area contributed by atoms with Crippen LogP contribution in [0.4, 0.5) is 0 Å². The lowest BCUT2D eigenvalue weighted by Gasteiger charge is -1.83. The SMILES string of the molecule is CC.CC.CC.Cc1ccccc1.Cc1nsc(C)c1C. The molecule has 0 atom stereocenters. The molecule has 0 N–H and O–H groups in total. The van der Waals surface area contributed by atoms with Crippen LogP contribution in [0.25, 0.3) is 0 Å². The molecule has 2 aromatic rings. The molecule has 0 radical (unpaired) electrons. The highest BCUT2D eigenvalue weighted by atomic mass is 32.1. The van der Waals surface area contributed by atoms with Crippen molar-refractivity contribution in [1.82, 2.24) is 4.37 Å². The number of aryl methyl sites for hydroxylation is 3. The number of nitrogens with zero attached hydrogens (tertiary/aromatic N) is 1. The quantitative estimate of drug-likeness (QED) is 0.504. The Morgan fingerprint density at radius 1 is 0.714 bits per heavy atom. The van der Waals surface area contributed by atoms with Crippen LogP contribution < -0.4 is 0 Å². The van der Waals surface area contributed by atoms with Crippen LogP contribution in [0.3, 0.4) is 0 Å². The number of rotatable bonds is 0. The first-order valence-corrected chi connectivity index (χ1v) is 8.79. The van der Waals surface area contributed by atoms with Crippen LogP contribution in [0.1, 0.15) is 63.2 Å². The average Bonchev–Trinajstić information content (AvgIpc) is 2.86. The Kier molecular flexibility index (Phi) is 22.3. The van der Waals surface area contributed by atoms with E-state index in [0.717, 1.165) is 0 Å². The van der Waals surface area contributed by atoms with Crippen LogP contribution in [0.15, 0.2) is 30.3 Å². The van der Waals surface area contributed by atoms with Crippen LogP contribution in [0, 0.1) is 27.7 Å². The van der Waals surface area contributed by atoms with Crippen molar-refractivity contribution in [3.05, 3.63) is 52.0 Å². The van der Waals surface area contributed by atoms with Gasteiger partial charge in [0.05, 0.1) is 5.69 Å². The summed E-state index contributed by atoms with van der Waals surface area (Å²) in [5.74, 6) is 0. The van der Waals surface area contributed by atoms with E-state index in [9.17, 15) is 0 Å². The topological polar surface area (TPSA) is 12.9 Å². The van der Waals surface area contributed by atoms with Crippen LogP contribution in [0.5, 0.6) is 0 Å². The maximum absolute atomic E-state index is 4.16. The van der Waals surface area contributed by atoms with Crippen LogP contribution >= 0.6 is 11.5 Å². The first-order chi connectivity index (χ1) is 10.1. The monoisotopic (exact) mass is 309 g/mol. The van der Waals surface area contributed by atoms with Crippen molar-refractivity contribution in [2.45, 2.75) is 69.2 Å². The Bertz CT molecular complexity index is 385. The summed E-state index contributed by atoms with van der Waals surface area (Å²) in [4.78, 5) is 1.34. The summed E-state index contributed by atoms with van der Waals surface area (Å²) in [6, 6.07) is 10.3. The standard InChI is InChI=1S/C7H8.C6H9NS.3C2H6/c1-7-5-3-2-4-6-7;1-4-5(2)7-8-6(4)3;3*1-2/h2-6H,1H3;1-3H3;3*1-2H3. The van der Waals surface area contributed by atoms with Crippen molar-refractivity contribution in [1.29, 1.82) is 0 Å². The van der Waals surface area contributed by atoms with E-state index in [1.807, 2.05) is 66.7 Å². The van der Waals surface area contributed by atoms with E-state index in [1.54, 1.807) is 11.5 Å². The molecule has 122 valence electrons. The molecule has 0 unspecified atom stereocenters. The molecular formula is C19H35NS. The Morgan fingerprint density at radius 2 is 1.14 bits per heavy atom. The first kappa shape index (κ1) is 24.8. The minimum atomic E-state index is 1.17. The molecule has 0 aliphatic carbocycles. The molecule has 1 nitrogen and oxygen atoms in total. The first-order valence-electron chi connectivity index (χ1n) is 8.02. The fourth-order valence-electron chi connectivity index (χ4n) is 1.06. The van der Waals surface area contributed by atoms with Gasteiger partial charge in [-0.1, -0.05) is 77.4 Å². The number of aromatic nitrogens is 1. The van der Waals surface area contributed by atoms with Crippen molar-refractivity contribution in [2.24, 2.45) is 0 Å². The summed E-state index contributed by atoms with van der Waals surface area (Å²) >= 11 is 1.58. The molecule has 0 saturated carbocycles. The molecular weight excluding hydrogens is 274 g/mol. The van der Waals surface area contributed by atoms with Gasteiger partial charge < -0.3 is 0 Å². The van der Waals surface area contributed by atoms with E-state index in [2.05, 4.69) is 37.3 Å². The van der Waals surface area contributed by atoms with Crippen molar-refractivity contribution in [2.75, 3.05) is 0 Å². The van der Waals surface area contributed by atoms with Gasteiger partial charge in [-0.3, -0.25) is 0 Å². The van der Waals surface area contributed by atoms with Gasteiger partial charge in [0.15, 0.2) is 0 Å². The van der Waals surface area contributed by atoms with E-state index in [1.165, 1.54) is 21.7 Å². The Balaban J connectivity index is -0.000000229. The maximum Gasteiger partial charge on any atom is 0.0543 e. The molecule has 0 spiro atoms. The molecule has 1 aromatic heterocycles. The highest BCUT2D eigenvalue weighted by molar-refractivity contribution is 7.05. The molecule has 1 heterocycles. The Morgan fingerprint density at radius 3 is 1.29 bits per heavy atom. The fraction of sp³-hybridized carbons (Fsp3) is 0.526. The Hall–Kier alpha value is -1.15. The van der Waals surface area contributed by atoms with Crippen molar-refractivity contribution >= 4 is 11.5 Å². The molecule has 0 bridgehead atoms. The van der Waals surface area contributed by atoms with Gasteiger partial charge in [-0.2, -0.15) is 4.37 Å². The van der Waals surface area contributed by atoms with Gasteiger partial charge >= 0.3 is 0 Å². The summed E-state index contributed by atoms with van der Waals surface area (Å²) in [6.07, 6.45) is 0. The normalized spacial score (nSPS) is 7.52. The minimum Gasteiger partial charge on any atom is -0.197 e. The molecule has 1 aromatic carbocycles. The molecule has 0 aliphatic rings.